The van der Waals surface area contributed by atoms with Crippen molar-refractivity contribution in [3.63, 3.8) is 0 Å². The van der Waals surface area contributed by atoms with Gasteiger partial charge in [-0.25, -0.2) is 9.59 Å². The number of esters is 2. The first kappa shape index (κ1) is 39.0. The monoisotopic (exact) mass is 804 g/mol. The zero-order chi connectivity index (χ0) is 42.4. The fraction of sp³-hybridized carbons (Fsp3) is 0. The van der Waals surface area contributed by atoms with Crippen LogP contribution in [0.25, 0.3) is 43.8 Å². The lowest BCUT2D eigenvalue weighted by atomic mass is 9.99. The summed E-state index contributed by atoms with van der Waals surface area (Å²) in [5, 5.41) is 4.62. The van der Waals surface area contributed by atoms with E-state index in [0.717, 1.165) is 79.3 Å². The second-order valence-corrected chi connectivity index (χ2v) is 14.6. The summed E-state index contributed by atoms with van der Waals surface area (Å²) in [4.78, 5) is 28.0. The minimum Gasteiger partial charge on any atom is -0.423 e. The Labute approximate surface area is 360 Å². The van der Waals surface area contributed by atoms with Gasteiger partial charge in [0.05, 0.1) is 0 Å². The fourth-order valence-corrected chi connectivity index (χ4v) is 7.73. The van der Waals surface area contributed by atoms with Crippen molar-refractivity contribution in [3.8, 4) is 33.8 Å². The predicted octanol–water partition coefficient (Wildman–Crippen LogP) is 14.4. The maximum absolute atomic E-state index is 11.7. The van der Waals surface area contributed by atoms with E-state index in [1.165, 1.54) is 10.8 Å². The molecule has 62 heavy (non-hydrogen) atoms. The predicted molar refractivity (Wildman–Crippen MR) is 253 cm³/mol. The zero-order valence-electron chi connectivity index (χ0n) is 33.7. The van der Waals surface area contributed by atoms with Crippen LogP contribution >= 0.6 is 0 Å². The standard InChI is InChI=1S/C56H40N2O4/c1-3-55(59)61-51-31-21-41(22-32-51)39-17-25-47(26-18-39)58(48-27-19-40(20-28-48)42-23-33-52(34-24-42)62-56(60)4-2)50-30-36-54-44(38-50)16-15-43-37-49(29-35-53(43)54)57(45-11-7-5-8-12-45)46-13-9-6-10-14-46/h3-38H,1-2H2. The van der Waals surface area contributed by atoms with Crippen molar-refractivity contribution in [2.24, 2.45) is 0 Å². The fourth-order valence-electron chi connectivity index (χ4n) is 7.73. The van der Waals surface area contributed by atoms with Crippen LogP contribution in [0.5, 0.6) is 11.5 Å². The van der Waals surface area contributed by atoms with Crippen molar-refractivity contribution in [1.29, 1.82) is 0 Å². The maximum atomic E-state index is 11.7. The van der Waals surface area contributed by atoms with E-state index >= 15 is 0 Å². The normalized spacial score (nSPS) is 10.8. The van der Waals surface area contributed by atoms with Gasteiger partial charge in [0.25, 0.3) is 0 Å². The smallest absolute Gasteiger partial charge is 0.335 e. The van der Waals surface area contributed by atoms with E-state index in [0.29, 0.717) is 11.5 Å². The Morgan fingerprint density at radius 3 is 1.00 bits per heavy atom. The highest BCUT2D eigenvalue weighted by atomic mass is 16.5. The highest BCUT2D eigenvalue weighted by Gasteiger charge is 2.17. The summed E-state index contributed by atoms with van der Waals surface area (Å²) in [6, 6.07) is 70.4. The first-order valence-corrected chi connectivity index (χ1v) is 20.2. The first-order chi connectivity index (χ1) is 30.4. The number of carbonyl (C=O) groups is 2. The zero-order valence-corrected chi connectivity index (χ0v) is 33.7. The van der Waals surface area contributed by atoms with Crippen LogP contribution < -0.4 is 19.3 Å². The molecule has 9 aromatic carbocycles. The lowest BCUT2D eigenvalue weighted by Gasteiger charge is -2.27. The number of para-hydroxylation sites is 2. The Kier molecular flexibility index (Phi) is 10.9. The Hall–Kier alpha value is -8.48. The summed E-state index contributed by atoms with van der Waals surface area (Å²) in [5.41, 5.74) is 10.3. The number of ether oxygens (including phenoxy) is 2. The molecule has 0 aliphatic rings. The summed E-state index contributed by atoms with van der Waals surface area (Å²) in [6.07, 6.45) is 2.29. The number of anilines is 6. The molecular formula is C56H40N2O4. The van der Waals surface area contributed by atoms with Crippen LogP contribution in [-0.4, -0.2) is 11.9 Å². The molecule has 0 spiro atoms. The summed E-state index contributed by atoms with van der Waals surface area (Å²) in [6.45, 7) is 6.95. The van der Waals surface area contributed by atoms with Crippen LogP contribution in [0.3, 0.4) is 0 Å². The van der Waals surface area contributed by atoms with E-state index < -0.39 is 11.9 Å². The van der Waals surface area contributed by atoms with Crippen molar-refractivity contribution < 1.29 is 19.1 Å². The van der Waals surface area contributed by atoms with Crippen molar-refractivity contribution in [2.75, 3.05) is 9.80 Å². The summed E-state index contributed by atoms with van der Waals surface area (Å²) >= 11 is 0. The van der Waals surface area contributed by atoms with Crippen LogP contribution in [-0.2, 0) is 9.59 Å². The van der Waals surface area contributed by atoms with E-state index in [2.05, 4.69) is 169 Å². The molecule has 0 radical (unpaired) electrons. The highest BCUT2D eigenvalue weighted by molar-refractivity contribution is 6.09. The van der Waals surface area contributed by atoms with E-state index in [1.54, 1.807) is 24.3 Å². The Balaban J connectivity index is 1.07. The van der Waals surface area contributed by atoms with Crippen LogP contribution in [0.15, 0.2) is 232 Å². The van der Waals surface area contributed by atoms with Crippen LogP contribution in [0.2, 0.25) is 0 Å². The van der Waals surface area contributed by atoms with E-state index in [4.69, 9.17) is 9.47 Å². The quantitative estimate of drug-likeness (QED) is 0.0530. The molecule has 0 N–H and O–H groups in total. The molecule has 0 bridgehead atoms. The molecule has 9 aromatic rings. The van der Waals surface area contributed by atoms with Gasteiger partial charge in [-0.3, -0.25) is 0 Å². The molecule has 0 aliphatic carbocycles. The topological polar surface area (TPSA) is 59.1 Å². The van der Waals surface area contributed by atoms with Gasteiger partial charge in [-0.05, 0) is 141 Å². The van der Waals surface area contributed by atoms with Gasteiger partial charge in [-0.15, -0.1) is 0 Å². The third kappa shape index (κ3) is 8.21. The molecule has 6 nitrogen and oxygen atoms in total. The lowest BCUT2D eigenvalue weighted by Crippen LogP contribution is -2.10. The first-order valence-electron chi connectivity index (χ1n) is 20.2. The molecular weight excluding hydrogens is 765 g/mol. The molecule has 0 atom stereocenters. The Bertz CT molecular complexity index is 2910. The number of carbonyl (C=O) groups excluding carboxylic acids is 2. The third-order valence-corrected chi connectivity index (χ3v) is 10.7. The minimum absolute atomic E-state index is 0.461. The number of hydrogen-bond donors (Lipinski definition) is 0. The van der Waals surface area contributed by atoms with Crippen molar-refractivity contribution >= 4 is 67.6 Å². The molecule has 0 unspecified atom stereocenters. The Morgan fingerprint density at radius 1 is 0.355 bits per heavy atom. The highest BCUT2D eigenvalue weighted by Crippen LogP contribution is 2.41. The average Bonchev–Trinajstić information content (AvgIpc) is 3.33. The molecule has 6 heteroatoms. The molecule has 0 fully saturated rings. The molecule has 0 heterocycles. The number of hydrogen-bond acceptors (Lipinski definition) is 6. The van der Waals surface area contributed by atoms with Gasteiger partial charge in [0.1, 0.15) is 11.5 Å². The van der Waals surface area contributed by atoms with Gasteiger partial charge >= 0.3 is 11.9 Å². The number of fused-ring (bicyclic) bond motifs is 3. The molecule has 0 aromatic heterocycles. The summed E-state index contributed by atoms with van der Waals surface area (Å²) in [7, 11) is 0. The van der Waals surface area contributed by atoms with Crippen LogP contribution in [0, 0.1) is 0 Å². The number of benzene rings is 9. The molecule has 0 aliphatic heterocycles. The van der Waals surface area contributed by atoms with Gasteiger partial charge in [0.15, 0.2) is 0 Å². The second kappa shape index (κ2) is 17.4. The van der Waals surface area contributed by atoms with Crippen molar-refractivity contribution in [2.45, 2.75) is 0 Å². The Morgan fingerprint density at radius 2 is 0.661 bits per heavy atom. The second-order valence-electron chi connectivity index (χ2n) is 14.6. The number of nitrogens with zero attached hydrogens (tertiary/aromatic N) is 2. The molecule has 298 valence electrons. The molecule has 0 saturated carbocycles. The molecule has 0 amide bonds. The van der Waals surface area contributed by atoms with E-state index in [-0.39, 0.29) is 0 Å². The van der Waals surface area contributed by atoms with E-state index in [9.17, 15) is 9.59 Å². The van der Waals surface area contributed by atoms with Crippen LogP contribution in [0.1, 0.15) is 0 Å². The van der Waals surface area contributed by atoms with Crippen molar-refractivity contribution in [3.05, 3.63) is 232 Å². The van der Waals surface area contributed by atoms with Gasteiger partial charge in [0.2, 0.25) is 0 Å². The largest absolute Gasteiger partial charge is 0.423 e. The van der Waals surface area contributed by atoms with Gasteiger partial charge in [0, 0.05) is 46.3 Å². The molecule has 0 saturated heterocycles. The number of rotatable bonds is 12. The third-order valence-electron chi connectivity index (χ3n) is 10.7. The maximum Gasteiger partial charge on any atom is 0.335 e. The van der Waals surface area contributed by atoms with Gasteiger partial charge < -0.3 is 19.3 Å². The average molecular weight is 805 g/mol. The molecule has 9 rings (SSSR count). The van der Waals surface area contributed by atoms with Crippen molar-refractivity contribution in [1.82, 2.24) is 0 Å². The van der Waals surface area contributed by atoms with Crippen LogP contribution in [0.4, 0.5) is 34.1 Å². The summed E-state index contributed by atoms with van der Waals surface area (Å²) < 4.78 is 10.6. The van der Waals surface area contributed by atoms with Gasteiger partial charge in [-0.1, -0.05) is 122 Å². The lowest BCUT2D eigenvalue weighted by molar-refractivity contribution is -0.129. The minimum atomic E-state index is -0.496. The van der Waals surface area contributed by atoms with E-state index in [1.807, 2.05) is 36.4 Å². The summed E-state index contributed by atoms with van der Waals surface area (Å²) in [5.74, 6) is -0.0694. The van der Waals surface area contributed by atoms with Gasteiger partial charge in [-0.2, -0.15) is 0 Å². The SMILES string of the molecule is C=CC(=O)Oc1ccc(-c2ccc(N(c3ccc(-c4ccc(OC(=O)C=C)cc4)cc3)c3ccc4c(ccc5cc(N(c6ccccc6)c6ccccc6)ccc54)c3)cc2)cc1.